The van der Waals surface area contributed by atoms with Gasteiger partial charge < -0.3 is 9.84 Å². The summed E-state index contributed by atoms with van der Waals surface area (Å²) >= 11 is 0. The minimum Gasteiger partial charge on any atom is -0.504 e. The minimum atomic E-state index is -3.58. The van der Waals surface area contributed by atoms with Gasteiger partial charge >= 0.3 is 0 Å². The van der Waals surface area contributed by atoms with Crippen molar-refractivity contribution in [1.29, 1.82) is 0 Å². The van der Waals surface area contributed by atoms with Crippen LogP contribution in [0.3, 0.4) is 0 Å². The van der Waals surface area contributed by atoms with Gasteiger partial charge in [0.2, 0.25) is 0 Å². The zero-order valence-electron chi connectivity index (χ0n) is 18.0. The molecule has 2 aliphatic heterocycles. The third-order valence-corrected chi connectivity index (χ3v) is 7.38. The van der Waals surface area contributed by atoms with Crippen LogP contribution in [0.2, 0.25) is 0 Å². The lowest BCUT2D eigenvalue weighted by molar-refractivity contribution is 0.119. The molecule has 2 aromatic rings. The predicted octanol–water partition coefficient (Wildman–Crippen LogP) is 3.06. The topological polar surface area (TPSA) is 95.9 Å². The average Bonchev–Trinajstić information content (AvgIpc) is 2.97. The molecule has 1 aromatic heterocycles. The van der Waals surface area contributed by atoms with Crippen LogP contribution in [0.4, 0.5) is 5.82 Å². The van der Waals surface area contributed by atoms with E-state index in [0.29, 0.717) is 31.0 Å². The summed E-state index contributed by atoms with van der Waals surface area (Å²) in [6.07, 6.45) is 7.61. The van der Waals surface area contributed by atoms with E-state index in [4.69, 9.17) is 4.74 Å². The highest BCUT2D eigenvalue weighted by Crippen LogP contribution is 2.42. The Morgan fingerprint density at radius 2 is 2.13 bits per heavy atom. The SMILES string of the molecule is CC(C)Oc1cc(CN2CC[C@]3(C=CS(=O)(=O)N3c3cnccn3)C[C@@H]2C)ccc1O. The van der Waals surface area contributed by atoms with Gasteiger partial charge in [-0.1, -0.05) is 6.07 Å². The molecule has 2 aliphatic rings. The molecule has 0 bridgehead atoms. The normalized spacial score (nSPS) is 25.4. The summed E-state index contributed by atoms with van der Waals surface area (Å²) in [5, 5.41) is 11.3. The Morgan fingerprint density at radius 1 is 1.32 bits per heavy atom. The smallest absolute Gasteiger partial charge is 0.259 e. The molecule has 9 heteroatoms. The Balaban J connectivity index is 1.53. The van der Waals surface area contributed by atoms with E-state index in [9.17, 15) is 13.5 Å². The maximum atomic E-state index is 12.8. The molecule has 166 valence electrons. The summed E-state index contributed by atoms with van der Waals surface area (Å²) in [4.78, 5) is 10.6. The largest absolute Gasteiger partial charge is 0.504 e. The van der Waals surface area contributed by atoms with Gasteiger partial charge in [0.15, 0.2) is 17.3 Å². The number of hydrogen-bond acceptors (Lipinski definition) is 7. The fourth-order valence-corrected chi connectivity index (χ4v) is 6.10. The number of ether oxygens (including phenoxy) is 1. The average molecular weight is 445 g/mol. The first kappa shape index (κ1) is 21.6. The van der Waals surface area contributed by atoms with Crippen molar-refractivity contribution in [2.45, 2.75) is 57.8 Å². The van der Waals surface area contributed by atoms with Gasteiger partial charge in [0.25, 0.3) is 10.0 Å². The van der Waals surface area contributed by atoms with Crippen molar-refractivity contribution in [3.8, 4) is 11.5 Å². The fourth-order valence-electron chi connectivity index (χ4n) is 4.46. The Morgan fingerprint density at radius 3 is 2.81 bits per heavy atom. The molecule has 4 rings (SSSR count). The van der Waals surface area contributed by atoms with E-state index >= 15 is 0 Å². The number of benzene rings is 1. The second-order valence-electron chi connectivity index (χ2n) is 8.52. The van der Waals surface area contributed by atoms with Crippen LogP contribution in [-0.2, 0) is 16.6 Å². The number of nitrogens with zero attached hydrogens (tertiary/aromatic N) is 4. The minimum absolute atomic E-state index is 0.0295. The monoisotopic (exact) mass is 444 g/mol. The maximum absolute atomic E-state index is 12.8. The van der Waals surface area contributed by atoms with Gasteiger partial charge in [-0.05, 0) is 57.4 Å². The van der Waals surface area contributed by atoms with Gasteiger partial charge in [0.05, 0.1) is 17.8 Å². The zero-order valence-corrected chi connectivity index (χ0v) is 18.8. The van der Waals surface area contributed by atoms with Crippen LogP contribution in [0.25, 0.3) is 0 Å². The molecule has 0 saturated carbocycles. The molecule has 31 heavy (non-hydrogen) atoms. The van der Waals surface area contributed by atoms with E-state index in [1.165, 1.54) is 28.3 Å². The first-order valence-corrected chi connectivity index (χ1v) is 11.9. The molecule has 0 aliphatic carbocycles. The molecule has 1 saturated heterocycles. The molecule has 0 amide bonds. The second kappa shape index (κ2) is 8.12. The summed E-state index contributed by atoms with van der Waals surface area (Å²) in [5.74, 6) is 0.957. The molecular formula is C22H28N4O4S. The van der Waals surface area contributed by atoms with E-state index in [2.05, 4.69) is 21.8 Å². The summed E-state index contributed by atoms with van der Waals surface area (Å²) in [7, 11) is -3.58. The van der Waals surface area contributed by atoms with E-state index in [1.54, 1.807) is 12.1 Å². The lowest BCUT2D eigenvalue weighted by atomic mass is 9.83. The van der Waals surface area contributed by atoms with Crippen LogP contribution in [-0.4, -0.2) is 52.6 Å². The highest BCUT2D eigenvalue weighted by Gasteiger charge is 2.49. The summed E-state index contributed by atoms with van der Waals surface area (Å²) in [6.45, 7) is 7.36. The molecule has 1 spiro atoms. The van der Waals surface area contributed by atoms with Crippen molar-refractivity contribution in [2.24, 2.45) is 0 Å². The van der Waals surface area contributed by atoms with E-state index in [-0.39, 0.29) is 17.9 Å². The Hall–Kier alpha value is -2.65. The van der Waals surface area contributed by atoms with Gasteiger partial charge in [-0.2, -0.15) is 0 Å². The Labute approximate surface area is 183 Å². The number of sulfonamides is 1. The lowest BCUT2D eigenvalue weighted by Gasteiger charge is -2.46. The number of hydrogen-bond donors (Lipinski definition) is 1. The number of aromatic hydroxyl groups is 1. The number of anilines is 1. The molecule has 1 N–H and O–H groups in total. The molecule has 2 atom stereocenters. The molecular weight excluding hydrogens is 416 g/mol. The van der Waals surface area contributed by atoms with E-state index < -0.39 is 15.6 Å². The Bertz CT molecular complexity index is 1070. The summed E-state index contributed by atoms with van der Waals surface area (Å²) < 4.78 is 32.7. The number of phenols is 1. The van der Waals surface area contributed by atoms with Crippen LogP contribution in [0.5, 0.6) is 11.5 Å². The molecule has 0 radical (unpaired) electrons. The van der Waals surface area contributed by atoms with Crippen LogP contribution in [0, 0.1) is 0 Å². The van der Waals surface area contributed by atoms with Crippen molar-refractivity contribution >= 4 is 15.8 Å². The Kier molecular flexibility index (Phi) is 5.65. The van der Waals surface area contributed by atoms with Gasteiger partial charge in [-0.15, -0.1) is 0 Å². The number of likely N-dealkylation sites (tertiary alicyclic amines) is 1. The quantitative estimate of drug-likeness (QED) is 0.757. The van der Waals surface area contributed by atoms with Gasteiger partial charge in [0.1, 0.15) is 0 Å². The van der Waals surface area contributed by atoms with Crippen molar-refractivity contribution < 1.29 is 18.3 Å². The van der Waals surface area contributed by atoms with Crippen molar-refractivity contribution in [2.75, 3.05) is 10.8 Å². The summed E-state index contributed by atoms with van der Waals surface area (Å²) in [6, 6.07) is 5.56. The zero-order chi connectivity index (χ0) is 22.2. The van der Waals surface area contributed by atoms with Gasteiger partial charge in [-0.3, -0.25) is 9.88 Å². The second-order valence-corrected chi connectivity index (χ2v) is 10.2. The number of rotatable bonds is 5. The van der Waals surface area contributed by atoms with Crippen LogP contribution in [0.1, 0.15) is 39.2 Å². The number of phenolic OH excluding ortho intramolecular Hbond substituents is 1. The standard InChI is InChI=1S/C22H28N4O4S/c1-16(2)30-20-12-18(4-5-19(20)27)15-25-10-6-22(13-17(25)3)7-11-31(28,29)26(22)21-14-23-8-9-24-21/h4-5,7-9,11-12,14,16-17,27H,6,10,13,15H2,1-3H3/t17-,22-/m0/s1. The van der Waals surface area contributed by atoms with Gasteiger partial charge in [-0.25, -0.2) is 17.7 Å². The maximum Gasteiger partial charge on any atom is 0.259 e. The van der Waals surface area contributed by atoms with Crippen molar-refractivity contribution in [3.63, 3.8) is 0 Å². The third kappa shape index (κ3) is 4.24. The lowest BCUT2D eigenvalue weighted by Crippen LogP contribution is -2.56. The third-order valence-electron chi connectivity index (χ3n) is 5.84. The van der Waals surface area contributed by atoms with E-state index in [1.807, 2.05) is 26.0 Å². The highest BCUT2D eigenvalue weighted by atomic mass is 32.2. The molecule has 8 nitrogen and oxygen atoms in total. The van der Waals surface area contributed by atoms with E-state index in [0.717, 1.165) is 12.1 Å². The van der Waals surface area contributed by atoms with Gasteiger partial charge in [0, 0.05) is 36.9 Å². The van der Waals surface area contributed by atoms with Crippen LogP contribution < -0.4 is 9.04 Å². The van der Waals surface area contributed by atoms with Crippen molar-refractivity contribution in [3.05, 3.63) is 53.8 Å². The molecule has 1 fully saturated rings. The predicted molar refractivity (Wildman–Crippen MR) is 118 cm³/mol. The molecule has 0 unspecified atom stereocenters. The van der Waals surface area contributed by atoms with Crippen molar-refractivity contribution in [1.82, 2.24) is 14.9 Å². The fraction of sp³-hybridized carbons (Fsp3) is 0.455. The van der Waals surface area contributed by atoms with Crippen LogP contribution in [0.15, 0.2) is 48.3 Å². The number of piperidine rings is 1. The number of aromatic nitrogens is 2. The van der Waals surface area contributed by atoms with Crippen LogP contribution >= 0.6 is 0 Å². The molecule has 1 aromatic carbocycles. The first-order chi connectivity index (χ1) is 14.7. The highest BCUT2D eigenvalue weighted by molar-refractivity contribution is 7.96. The first-order valence-electron chi connectivity index (χ1n) is 10.4. The summed E-state index contributed by atoms with van der Waals surface area (Å²) in [5.41, 5.74) is 0.405. The molecule has 3 heterocycles.